The third-order valence-electron chi connectivity index (χ3n) is 0.877. The van der Waals surface area contributed by atoms with E-state index < -0.39 is 0 Å². The summed E-state index contributed by atoms with van der Waals surface area (Å²) in [6, 6.07) is 3.82. The van der Waals surface area contributed by atoms with Gasteiger partial charge >= 0.3 is 0 Å². The summed E-state index contributed by atoms with van der Waals surface area (Å²) in [5.74, 6) is 0.549. The minimum absolute atomic E-state index is 0. The van der Waals surface area contributed by atoms with E-state index in [1.807, 2.05) is 12.1 Å². The van der Waals surface area contributed by atoms with Gasteiger partial charge in [0.25, 0.3) is 0 Å². The van der Waals surface area contributed by atoms with E-state index in [2.05, 4.69) is 4.98 Å². The first-order valence-electron chi connectivity index (χ1n) is 2.38. The van der Waals surface area contributed by atoms with Crippen LogP contribution in [0.4, 0.5) is 0 Å². The molecule has 0 atom stereocenters. The van der Waals surface area contributed by atoms with Gasteiger partial charge in [0.15, 0.2) is 0 Å². The van der Waals surface area contributed by atoms with Gasteiger partial charge in [0.2, 0.25) is 0 Å². The molecular weight excluding hydrogens is 192 g/mol. The maximum absolute atomic E-state index is 5.49. The lowest BCUT2D eigenvalue weighted by molar-refractivity contribution is 1.25. The van der Waals surface area contributed by atoms with Crippen LogP contribution in [0.25, 0.3) is 0 Å². The second-order valence-electron chi connectivity index (χ2n) is 1.49. The molecule has 1 aromatic rings. The third kappa shape index (κ3) is 3.94. The molecule has 4 heteroatoms. The second-order valence-corrected chi connectivity index (χ2v) is 1.76. The van der Waals surface area contributed by atoms with Gasteiger partial charge in [0, 0.05) is 18.3 Å². The van der Waals surface area contributed by atoms with E-state index in [-0.39, 0.29) is 24.8 Å². The summed E-state index contributed by atoms with van der Waals surface area (Å²) in [6.45, 7) is 0. The first-order chi connectivity index (χ1) is 3.93. The van der Waals surface area contributed by atoms with E-state index in [1.165, 1.54) is 0 Å². The molecule has 10 heavy (non-hydrogen) atoms. The zero-order chi connectivity index (χ0) is 5.82. The highest BCUT2D eigenvalue weighted by Gasteiger charge is 1.82. The minimum atomic E-state index is 0. The molecule has 0 aromatic carbocycles. The molecule has 0 saturated carbocycles. The summed E-state index contributed by atoms with van der Waals surface area (Å²) < 4.78 is 0. The average Bonchev–Trinajstić information content (AvgIpc) is 1.90. The van der Waals surface area contributed by atoms with Crippen LogP contribution < -0.4 is 0 Å². The molecule has 0 N–H and O–H groups in total. The van der Waals surface area contributed by atoms with E-state index in [0.29, 0.717) is 5.88 Å². The van der Waals surface area contributed by atoms with E-state index in [9.17, 15) is 0 Å². The zero-order valence-electron chi connectivity index (χ0n) is 5.16. The van der Waals surface area contributed by atoms with Crippen molar-refractivity contribution < 1.29 is 0 Å². The van der Waals surface area contributed by atoms with E-state index >= 15 is 0 Å². The largest absolute Gasteiger partial charge is 0.264 e. The van der Waals surface area contributed by atoms with Gasteiger partial charge in [0.1, 0.15) is 0 Å². The minimum Gasteiger partial charge on any atom is -0.264 e. The van der Waals surface area contributed by atoms with Crippen LogP contribution in [0.3, 0.4) is 0 Å². The fourth-order valence-electron chi connectivity index (χ4n) is 0.477. The maximum Gasteiger partial charge on any atom is 0.0489 e. The van der Waals surface area contributed by atoms with Crippen LogP contribution in [0.2, 0.25) is 0 Å². The Morgan fingerprint density at radius 1 is 1.40 bits per heavy atom. The molecule has 58 valence electrons. The van der Waals surface area contributed by atoms with Crippen LogP contribution >= 0.6 is 36.4 Å². The summed E-state index contributed by atoms with van der Waals surface area (Å²) >= 11 is 5.49. The van der Waals surface area contributed by atoms with Crippen molar-refractivity contribution in [2.75, 3.05) is 0 Å². The van der Waals surface area contributed by atoms with Gasteiger partial charge in [-0.15, -0.1) is 36.4 Å². The molecule has 1 aromatic heterocycles. The van der Waals surface area contributed by atoms with Gasteiger partial charge in [-0.05, 0) is 11.6 Å². The highest BCUT2D eigenvalue weighted by Crippen LogP contribution is 1.98. The Bertz CT molecular complexity index is 154. The van der Waals surface area contributed by atoms with Crippen molar-refractivity contribution >= 4 is 36.4 Å². The van der Waals surface area contributed by atoms with Crippen LogP contribution in [-0.4, -0.2) is 4.98 Å². The molecule has 1 heterocycles. The molecule has 1 nitrogen and oxygen atoms in total. The molecule has 0 aliphatic carbocycles. The highest BCUT2D eigenvalue weighted by atomic mass is 35.5. The average molecular weight is 200 g/mol. The Hall–Kier alpha value is 0.0200. The molecule has 0 saturated heterocycles. The number of hydrogen-bond acceptors (Lipinski definition) is 1. The first-order valence-corrected chi connectivity index (χ1v) is 2.92. The van der Waals surface area contributed by atoms with Crippen molar-refractivity contribution in [1.29, 1.82) is 0 Å². The summed E-state index contributed by atoms with van der Waals surface area (Å²) in [6.07, 6.45) is 3.49. The fraction of sp³-hybridized carbons (Fsp3) is 0.167. The molecule has 0 fully saturated rings. The number of rotatable bonds is 1. The standard InChI is InChI=1S/C6H6ClN.2ClH/c7-4-6-2-1-3-8-5-6;;/h1-3,5H,4H2;2*1H. The smallest absolute Gasteiger partial charge is 0.0489 e. The van der Waals surface area contributed by atoms with Gasteiger partial charge in [0.05, 0.1) is 0 Å². The van der Waals surface area contributed by atoms with Crippen LogP contribution in [0.15, 0.2) is 24.5 Å². The van der Waals surface area contributed by atoms with Crippen molar-refractivity contribution in [2.24, 2.45) is 0 Å². The topological polar surface area (TPSA) is 12.9 Å². The predicted molar refractivity (Wildman–Crippen MR) is 48.3 cm³/mol. The van der Waals surface area contributed by atoms with E-state index in [1.54, 1.807) is 12.4 Å². The third-order valence-corrected chi connectivity index (χ3v) is 1.19. The van der Waals surface area contributed by atoms with Gasteiger partial charge in [-0.2, -0.15) is 0 Å². The van der Waals surface area contributed by atoms with Crippen molar-refractivity contribution in [3.63, 3.8) is 0 Å². The van der Waals surface area contributed by atoms with Crippen molar-refractivity contribution in [3.8, 4) is 0 Å². The normalized spacial score (nSPS) is 7.30. The van der Waals surface area contributed by atoms with E-state index in [0.717, 1.165) is 5.56 Å². The monoisotopic (exact) mass is 199 g/mol. The molecular formula is C6H8Cl3N. The molecule has 0 spiro atoms. The molecule has 0 aliphatic heterocycles. The molecule has 0 unspecified atom stereocenters. The number of pyridine rings is 1. The lowest BCUT2D eigenvalue weighted by Crippen LogP contribution is -1.75. The summed E-state index contributed by atoms with van der Waals surface area (Å²) in [4.78, 5) is 3.87. The maximum atomic E-state index is 5.49. The Labute approximate surface area is 77.6 Å². The summed E-state index contributed by atoms with van der Waals surface area (Å²) in [5, 5.41) is 0. The summed E-state index contributed by atoms with van der Waals surface area (Å²) in [7, 11) is 0. The Morgan fingerprint density at radius 3 is 2.40 bits per heavy atom. The van der Waals surface area contributed by atoms with Crippen LogP contribution in [-0.2, 0) is 5.88 Å². The van der Waals surface area contributed by atoms with Crippen molar-refractivity contribution in [2.45, 2.75) is 5.88 Å². The molecule has 0 bridgehead atoms. The lowest BCUT2D eigenvalue weighted by atomic mass is 10.3. The van der Waals surface area contributed by atoms with Gasteiger partial charge in [-0.1, -0.05) is 6.07 Å². The Morgan fingerprint density at radius 2 is 2.10 bits per heavy atom. The van der Waals surface area contributed by atoms with Crippen LogP contribution in [0, 0.1) is 0 Å². The molecule has 1 rings (SSSR count). The van der Waals surface area contributed by atoms with Gasteiger partial charge in [-0.3, -0.25) is 4.98 Å². The van der Waals surface area contributed by atoms with E-state index in [4.69, 9.17) is 11.6 Å². The molecule has 0 aliphatic rings. The lowest BCUT2D eigenvalue weighted by Gasteiger charge is -1.87. The number of nitrogens with zero attached hydrogens (tertiary/aromatic N) is 1. The predicted octanol–water partition coefficient (Wildman–Crippen LogP) is 2.66. The van der Waals surface area contributed by atoms with Crippen LogP contribution in [0.5, 0.6) is 0 Å². The Balaban J connectivity index is 0. The summed E-state index contributed by atoms with van der Waals surface area (Å²) in [5.41, 5.74) is 1.06. The van der Waals surface area contributed by atoms with Gasteiger partial charge in [-0.25, -0.2) is 0 Å². The Kier molecular flexibility index (Phi) is 9.04. The number of halogens is 3. The zero-order valence-corrected chi connectivity index (χ0v) is 7.55. The number of aromatic nitrogens is 1. The highest BCUT2D eigenvalue weighted by molar-refractivity contribution is 6.17. The van der Waals surface area contributed by atoms with Crippen molar-refractivity contribution in [3.05, 3.63) is 30.1 Å². The fourth-order valence-corrected chi connectivity index (χ4v) is 0.635. The van der Waals surface area contributed by atoms with Gasteiger partial charge < -0.3 is 0 Å². The SMILES string of the molecule is Cl.Cl.ClCc1cccnc1. The van der Waals surface area contributed by atoms with Crippen LogP contribution in [0.1, 0.15) is 5.56 Å². The number of hydrogen-bond donors (Lipinski definition) is 0. The molecule has 0 amide bonds. The second kappa shape index (κ2) is 7.13. The van der Waals surface area contributed by atoms with Crippen molar-refractivity contribution in [1.82, 2.24) is 4.98 Å². The quantitative estimate of drug-likeness (QED) is 0.635. The number of alkyl halides is 1. The first kappa shape index (κ1) is 12.7. The molecule has 0 radical (unpaired) electrons.